The molecule has 1 aliphatic rings. The van der Waals surface area contributed by atoms with Gasteiger partial charge in [-0.05, 0) is 19.8 Å². The molecule has 0 bridgehead atoms. The van der Waals surface area contributed by atoms with Crippen LogP contribution < -0.4 is 11.1 Å². The van der Waals surface area contributed by atoms with Gasteiger partial charge in [0, 0.05) is 24.7 Å². The van der Waals surface area contributed by atoms with E-state index in [1.54, 1.807) is 0 Å². The van der Waals surface area contributed by atoms with Gasteiger partial charge >= 0.3 is 0 Å². The fourth-order valence-electron chi connectivity index (χ4n) is 2.12. The van der Waals surface area contributed by atoms with Crippen LogP contribution >= 0.6 is 0 Å². The molecule has 1 aliphatic heterocycles. The maximum atomic E-state index is 11.5. The molecule has 2 rings (SSSR count). The number of piperidine rings is 1. The number of H-pyrrole nitrogens is 1. The summed E-state index contributed by atoms with van der Waals surface area (Å²) in [5.41, 5.74) is -0.387. The van der Waals surface area contributed by atoms with Crippen LogP contribution in [0.4, 0.5) is 0 Å². The van der Waals surface area contributed by atoms with Crippen LogP contribution in [0.3, 0.4) is 0 Å². The van der Waals surface area contributed by atoms with Crippen LogP contribution in [0.15, 0.2) is 21.7 Å². The Morgan fingerprint density at radius 2 is 2.19 bits per heavy atom. The molecular formula is C11H17N3O2. The van der Waals surface area contributed by atoms with Crippen LogP contribution in [-0.2, 0) is 6.67 Å². The summed E-state index contributed by atoms with van der Waals surface area (Å²) in [7, 11) is 0. The molecular weight excluding hydrogens is 206 g/mol. The highest BCUT2D eigenvalue weighted by Gasteiger charge is 2.18. The molecule has 16 heavy (non-hydrogen) atoms. The predicted octanol–water partition coefficient (Wildman–Crippen LogP) is 0.368. The van der Waals surface area contributed by atoms with E-state index in [1.165, 1.54) is 23.2 Å². The van der Waals surface area contributed by atoms with Crippen LogP contribution in [0.5, 0.6) is 0 Å². The van der Waals surface area contributed by atoms with E-state index in [0.717, 1.165) is 19.4 Å². The predicted molar refractivity (Wildman–Crippen MR) is 61.3 cm³/mol. The first kappa shape index (κ1) is 11.1. The van der Waals surface area contributed by atoms with Gasteiger partial charge in [0.15, 0.2) is 0 Å². The Morgan fingerprint density at radius 3 is 2.94 bits per heavy atom. The molecule has 0 amide bonds. The fraction of sp³-hybridized carbons (Fsp3) is 0.636. The molecule has 1 saturated heterocycles. The van der Waals surface area contributed by atoms with Gasteiger partial charge in [0.25, 0.3) is 11.1 Å². The van der Waals surface area contributed by atoms with Crippen molar-refractivity contribution >= 4 is 0 Å². The van der Waals surface area contributed by atoms with E-state index < -0.39 is 0 Å². The van der Waals surface area contributed by atoms with Crippen molar-refractivity contribution in [3.63, 3.8) is 0 Å². The lowest BCUT2D eigenvalue weighted by Gasteiger charge is -2.33. The number of nitrogens with zero attached hydrogens (tertiary/aromatic N) is 2. The van der Waals surface area contributed by atoms with E-state index in [2.05, 4.69) is 16.9 Å². The van der Waals surface area contributed by atoms with Crippen molar-refractivity contribution in [2.24, 2.45) is 0 Å². The standard InChI is InChI=1S/C11H17N3O2/c1-9-4-2-3-7-13(9)8-14-11(16)6-5-10(15)12-14/h5-6,9H,2-4,7-8H2,1H3,(H,12,15)/t9-/m1/s1. The first-order valence-corrected chi connectivity index (χ1v) is 5.71. The van der Waals surface area contributed by atoms with Gasteiger partial charge in [0.05, 0.1) is 6.67 Å². The first-order chi connectivity index (χ1) is 7.66. The molecule has 5 heteroatoms. The topological polar surface area (TPSA) is 58.1 Å². The summed E-state index contributed by atoms with van der Waals surface area (Å²) in [6, 6.07) is 3.05. The summed E-state index contributed by atoms with van der Waals surface area (Å²) in [5, 5.41) is 2.55. The minimum atomic E-state index is -0.232. The van der Waals surface area contributed by atoms with Crippen molar-refractivity contribution in [2.45, 2.75) is 38.9 Å². The summed E-state index contributed by atoms with van der Waals surface area (Å²) in [4.78, 5) is 24.9. The molecule has 1 aromatic rings. The quantitative estimate of drug-likeness (QED) is 0.788. The zero-order valence-electron chi connectivity index (χ0n) is 9.48. The molecule has 1 atom stereocenters. The number of nitrogens with one attached hydrogen (secondary N) is 1. The number of hydrogen-bond donors (Lipinski definition) is 1. The van der Waals surface area contributed by atoms with E-state index >= 15 is 0 Å². The number of likely N-dealkylation sites (tertiary alicyclic amines) is 1. The maximum absolute atomic E-state index is 11.5. The van der Waals surface area contributed by atoms with Crippen molar-refractivity contribution < 1.29 is 0 Å². The monoisotopic (exact) mass is 223 g/mol. The summed E-state index contributed by atoms with van der Waals surface area (Å²) in [6.45, 7) is 3.63. The van der Waals surface area contributed by atoms with Crippen molar-refractivity contribution in [2.75, 3.05) is 6.54 Å². The second-order valence-corrected chi connectivity index (χ2v) is 4.37. The van der Waals surface area contributed by atoms with Crippen molar-refractivity contribution in [1.29, 1.82) is 0 Å². The molecule has 0 aliphatic carbocycles. The Kier molecular flexibility index (Phi) is 3.24. The zero-order chi connectivity index (χ0) is 11.5. The molecule has 0 radical (unpaired) electrons. The van der Waals surface area contributed by atoms with E-state index in [-0.39, 0.29) is 11.1 Å². The fourth-order valence-corrected chi connectivity index (χ4v) is 2.12. The van der Waals surface area contributed by atoms with Gasteiger partial charge in [-0.3, -0.25) is 19.6 Å². The van der Waals surface area contributed by atoms with Gasteiger partial charge in [-0.25, -0.2) is 4.68 Å². The van der Waals surface area contributed by atoms with Gasteiger partial charge in [-0.1, -0.05) is 6.42 Å². The van der Waals surface area contributed by atoms with Gasteiger partial charge in [-0.15, -0.1) is 0 Å². The Labute approximate surface area is 93.7 Å². The molecule has 0 unspecified atom stereocenters. The molecule has 1 aromatic heterocycles. The molecule has 1 N–H and O–H groups in total. The lowest BCUT2D eigenvalue weighted by Crippen LogP contribution is -2.42. The van der Waals surface area contributed by atoms with Crippen LogP contribution in [-0.4, -0.2) is 27.3 Å². The Bertz CT molecular complexity index is 463. The maximum Gasteiger partial charge on any atom is 0.266 e. The summed E-state index contributed by atoms with van der Waals surface area (Å²) in [5.74, 6) is 0. The highest BCUT2D eigenvalue weighted by Crippen LogP contribution is 2.15. The first-order valence-electron chi connectivity index (χ1n) is 5.71. The molecule has 5 nitrogen and oxygen atoms in total. The lowest BCUT2D eigenvalue weighted by molar-refractivity contribution is 0.112. The molecule has 1 fully saturated rings. The van der Waals surface area contributed by atoms with Crippen molar-refractivity contribution in [3.05, 3.63) is 32.8 Å². The number of aromatic nitrogens is 2. The van der Waals surface area contributed by atoms with Crippen LogP contribution in [0.1, 0.15) is 26.2 Å². The third-order valence-corrected chi connectivity index (χ3v) is 3.15. The minimum absolute atomic E-state index is 0.155. The average Bonchev–Trinajstić information content (AvgIpc) is 2.27. The Balaban J connectivity index is 2.16. The van der Waals surface area contributed by atoms with E-state index in [0.29, 0.717) is 12.7 Å². The van der Waals surface area contributed by atoms with Gasteiger partial charge < -0.3 is 0 Å². The van der Waals surface area contributed by atoms with E-state index in [9.17, 15) is 9.59 Å². The van der Waals surface area contributed by atoms with Gasteiger partial charge in [-0.2, -0.15) is 0 Å². The summed E-state index contributed by atoms with van der Waals surface area (Å²) in [6.07, 6.45) is 3.57. The third kappa shape index (κ3) is 2.41. The number of aromatic amines is 1. The third-order valence-electron chi connectivity index (χ3n) is 3.15. The average molecular weight is 223 g/mol. The lowest BCUT2D eigenvalue weighted by atomic mass is 10.0. The van der Waals surface area contributed by atoms with Gasteiger partial charge in [0.2, 0.25) is 0 Å². The SMILES string of the molecule is C[C@@H]1CCCCN1Cn1[nH]c(=O)ccc1=O. The highest BCUT2D eigenvalue weighted by atomic mass is 16.2. The Hall–Kier alpha value is -1.36. The number of hydrogen-bond acceptors (Lipinski definition) is 3. The zero-order valence-corrected chi connectivity index (χ0v) is 9.48. The van der Waals surface area contributed by atoms with E-state index in [1.807, 2.05) is 0 Å². The highest BCUT2D eigenvalue weighted by molar-refractivity contribution is 4.86. The smallest absolute Gasteiger partial charge is 0.266 e. The molecule has 0 spiro atoms. The van der Waals surface area contributed by atoms with Crippen molar-refractivity contribution in [3.8, 4) is 0 Å². The number of rotatable bonds is 2. The summed E-state index contributed by atoms with van der Waals surface area (Å²) < 4.78 is 1.38. The van der Waals surface area contributed by atoms with Crippen LogP contribution in [0.2, 0.25) is 0 Å². The largest absolute Gasteiger partial charge is 0.282 e. The molecule has 0 aromatic carbocycles. The van der Waals surface area contributed by atoms with Crippen molar-refractivity contribution in [1.82, 2.24) is 14.7 Å². The van der Waals surface area contributed by atoms with Crippen LogP contribution in [0, 0.1) is 0 Å². The minimum Gasteiger partial charge on any atom is -0.282 e. The van der Waals surface area contributed by atoms with Gasteiger partial charge in [0.1, 0.15) is 0 Å². The molecule has 88 valence electrons. The molecule has 2 heterocycles. The second kappa shape index (κ2) is 4.65. The second-order valence-electron chi connectivity index (χ2n) is 4.37. The molecule has 0 saturated carbocycles. The van der Waals surface area contributed by atoms with E-state index in [4.69, 9.17) is 0 Å². The summed E-state index contributed by atoms with van der Waals surface area (Å²) >= 11 is 0. The normalized spacial score (nSPS) is 22.2. The van der Waals surface area contributed by atoms with Crippen LogP contribution in [0.25, 0.3) is 0 Å². The Morgan fingerprint density at radius 1 is 1.38 bits per heavy atom.